The van der Waals surface area contributed by atoms with Crippen LogP contribution in [0.1, 0.15) is 13.3 Å². The van der Waals surface area contributed by atoms with Gasteiger partial charge in [0.25, 0.3) is 0 Å². The van der Waals surface area contributed by atoms with E-state index in [1.165, 1.54) is 0 Å². The highest BCUT2D eigenvalue weighted by Crippen LogP contribution is 2.14. The van der Waals surface area contributed by atoms with Crippen LogP contribution in [0.3, 0.4) is 0 Å². The Labute approximate surface area is 171 Å². The van der Waals surface area contributed by atoms with Crippen LogP contribution < -0.4 is 15.6 Å². The number of hydrogen-bond donors (Lipinski definition) is 1. The highest BCUT2D eigenvalue weighted by atomic mass is 28.4. The van der Waals surface area contributed by atoms with E-state index in [0.29, 0.717) is 0 Å². The topological polar surface area (TPSA) is 63.6 Å². The van der Waals surface area contributed by atoms with E-state index in [1.54, 1.807) is 6.92 Å². The average Bonchev–Trinajstić information content (AvgIpc) is 2.77. The van der Waals surface area contributed by atoms with E-state index in [2.05, 4.69) is 0 Å². The van der Waals surface area contributed by atoms with Gasteiger partial charge in [-0.2, -0.15) is 0 Å². The van der Waals surface area contributed by atoms with Crippen LogP contribution in [0.25, 0.3) is 0 Å². The van der Waals surface area contributed by atoms with Gasteiger partial charge >= 0.3 is 20.3 Å². The Morgan fingerprint density at radius 1 is 0.793 bits per heavy atom. The first-order valence-electron chi connectivity index (χ1n) is 9.41. The van der Waals surface area contributed by atoms with Crippen molar-refractivity contribution in [2.75, 3.05) is 0 Å². The van der Waals surface area contributed by atoms with E-state index in [1.807, 2.05) is 91.0 Å². The molecule has 0 amide bonds. The van der Waals surface area contributed by atoms with Crippen LogP contribution in [0.2, 0.25) is 0 Å². The highest BCUT2D eigenvalue weighted by Gasteiger charge is 2.45. The van der Waals surface area contributed by atoms with Gasteiger partial charge in [0.1, 0.15) is 0 Å². The molecule has 3 aromatic rings. The zero-order chi connectivity index (χ0) is 20.7. The van der Waals surface area contributed by atoms with Gasteiger partial charge in [-0.25, -0.2) is 9.59 Å². The predicted octanol–water partition coefficient (Wildman–Crippen LogP) is 2.62. The summed E-state index contributed by atoms with van der Waals surface area (Å²) < 4.78 is 6.32. The second-order valence-electron chi connectivity index (χ2n) is 6.53. The summed E-state index contributed by atoms with van der Waals surface area (Å²) in [5.41, 5.74) is 0.136. The summed E-state index contributed by atoms with van der Waals surface area (Å²) in [5.74, 6) is -1.76. The van der Waals surface area contributed by atoms with Crippen molar-refractivity contribution < 1.29 is 19.1 Å². The number of aliphatic carboxylic acids is 1. The molecular formula is C24H22O4Si. The zero-order valence-corrected chi connectivity index (χ0v) is 17.1. The molecule has 0 atom stereocenters. The molecule has 5 heteroatoms. The maximum Gasteiger partial charge on any atom is 0.350 e. The molecule has 0 saturated carbocycles. The number of carboxylic acids is 1. The van der Waals surface area contributed by atoms with Gasteiger partial charge in [-0.15, -0.1) is 0 Å². The molecule has 0 aliphatic carbocycles. The lowest BCUT2D eigenvalue weighted by Gasteiger charge is -2.32. The third-order valence-corrected chi connectivity index (χ3v) is 8.66. The van der Waals surface area contributed by atoms with Gasteiger partial charge in [-0.1, -0.05) is 97.9 Å². The number of rotatable bonds is 7. The van der Waals surface area contributed by atoms with Gasteiger partial charge in [-0.3, -0.25) is 0 Å². The van der Waals surface area contributed by atoms with E-state index >= 15 is 0 Å². The van der Waals surface area contributed by atoms with E-state index in [0.717, 1.165) is 21.6 Å². The normalized spacial score (nSPS) is 11.7. The minimum atomic E-state index is -3.20. The summed E-state index contributed by atoms with van der Waals surface area (Å²) in [5, 5.41) is 11.9. The summed E-state index contributed by atoms with van der Waals surface area (Å²) >= 11 is 0. The first kappa shape index (κ1) is 20.3. The molecule has 0 fully saturated rings. The summed E-state index contributed by atoms with van der Waals surface area (Å²) in [6.07, 6.45) is 1.20. The lowest BCUT2D eigenvalue weighted by Crippen LogP contribution is -2.70. The first-order chi connectivity index (χ1) is 14.1. The van der Waals surface area contributed by atoms with E-state index in [9.17, 15) is 9.59 Å². The molecule has 0 unspecified atom stereocenters. The smallest absolute Gasteiger partial charge is 0.350 e. The van der Waals surface area contributed by atoms with Crippen molar-refractivity contribution in [3.8, 4) is 0 Å². The minimum absolute atomic E-state index is 0.136. The van der Waals surface area contributed by atoms with Gasteiger partial charge in [0.2, 0.25) is 0 Å². The molecule has 3 rings (SSSR count). The summed E-state index contributed by atoms with van der Waals surface area (Å²) in [4.78, 5) is 24.3. The maximum atomic E-state index is 13.1. The van der Waals surface area contributed by atoms with Crippen molar-refractivity contribution in [1.82, 2.24) is 0 Å². The molecule has 0 saturated heterocycles. The van der Waals surface area contributed by atoms with E-state index < -0.39 is 20.3 Å². The van der Waals surface area contributed by atoms with Crippen molar-refractivity contribution in [1.29, 1.82) is 0 Å². The Morgan fingerprint density at radius 3 is 1.48 bits per heavy atom. The zero-order valence-electron chi connectivity index (χ0n) is 16.1. The standard InChI is InChI=1S/C24H22O4Si/c1-2-19(18-23(25)26)24(27)28-29(20-12-6-3-7-13-20,21-14-8-4-9-15-21)22-16-10-5-11-17-22/h3-18H,2H2,1H3,(H,25,26). The fourth-order valence-electron chi connectivity index (χ4n) is 3.35. The monoisotopic (exact) mass is 402 g/mol. The van der Waals surface area contributed by atoms with E-state index in [-0.39, 0.29) is 12.0 Å². The van der Waals surface area contributed by atoms with Gasteiger partial charge in [0.15, 0.2) is 0 Å². The van der Waals surface area contributed by atoms with Crippen molar-refractivity contribution in [2.45, 2.75) is 13.3 Å². The maximum absolute atomic E-state index is 13.1. The van der Waals surface area contributed by atoms with Gasteiger partial charge in [0, 0.05) is 11.6 Å². The molecular weight excluding hydrogens is 380 g/mol. The average molecular weight is 403 g/mol. The Morgan fingerprint density at radius 2 is 1.17 bits per heavy atom. The Hall–Kier alpha value is -3.44. The molecule has 3 aromatic carbocycles. The summed E-state index contributed by atoms with van der Waals surface area (Å²) in [7, 11) is -3.20. The lowest BCUT2D eigenvalue weighted by atomic mass is 10.2. The van der Waals surface area contributed by atoms with Gasteiger partial charge in [-0.05, 0) is 22.0 Å². The summed E-state index contributed by atoms with van der Waals surface area (Å²) in [6, 6.07) is 29.1. The number of carbonyl (C=O) groups excluding carboxylic acids is 1. The second kappa shape index (κ2) is 9.17. The molecule has 0 aromatic heterocycles. The largest absolute Gasteiger partial charge is 0.502 e. The molecule has 4 nitrogen and oxygen atoms in total. The van der Waals surface area contributed by atoms with Crippen molar-refractivity contribution >= 4 is 35.8 Å². The Kier molecular flexibility index (Phi) is 6.42. The van der Waals surface area contributed by atoms with Crippen LogP contribution in [0.5, 0.6) is 0 Å². The number of benzene rings is 3. The third kappa shape index (κ3) is 4.36. The van der Waals surface area contributed by atoms with Crippen molar-refractivity contribution in [2.24, 2.45) is 0 Å². The molecule has 0 heterocycles. The van der Waals surface area contributed by atoms with Crippen LogP contribution in [0.4, 0.5) is 0 Å². The van der Waals surface area contributed by atoms with Crippen LogP contribution in [0, 0.1) is 0 Å². The molecule has 0 spiro atoms. The Balaban J connectivity index is 2.25. The number of hydrogen-bond acceptors (Lipinski definition) is 3. The fourth-order valence-corrected chi connectivity index (χ4v) is 7.10. The summed E-state index contributed by atoms with van der Waals surface area (Å²) in [6.45, 7) is 1.74. The van der Waals surface area contributed by atoms with Gasteiger partial charge < -0.3 is 9.53 Å². The Bertz CT molecular complexity index is 902. The molecule has 0 aliphatic heterocycles. The van der Waals surface area contributed by atoms with Gasteiger partial charge in [0.05, 0.1) is 0 Å². The highest BCUT2D eigenvalue weighted by molar-refractivity contribution is 7.07. The fraction of sp³-hybridized carbons (Fsp3) is 0.0833. The van der Waals surface area contributed by atoms with Crippen LogP contribution in [-0.4, -0.2) is 25.4 Å². The third-order valence-electron chi connectivity index (χ3n) is 4.73. The lowest BCUT2D eigenvalue weighted by molar-refractivity contribution is -0.134. The van der Waals surface area contributed by atoms with Crippen LogP contribution in [0.15, 0.2) is 103 Å². The van der Waals surface area contributed by atoms with Crippen molar-refractivity contribution in [3.05, 3.63) is 103 Å². The SMILES string of the molecule is CCC(=CC(=O)O)C(=O)O[Si](c1ccccc1)(c1ccccc1)c1ccccc1. The van der Waals surface area contributed by atoms with Crippen molar-refractivity contribution in [3.63, 3.8) is 0 Å². The molecule has 29 heavy (non-hydrogen) atoms. The number of carboxylic acid groups (broad SMARTS) is 1. The molecule has 146 valence electrons. The quantitative estimate of drug-likeness (QED) is 0.375. The minimum Gasteiger partial charge on any atom is -0.502 e. The predicted molar refractivity (Wildman–Crippen MR) is 116 cm³/mol. The molecule has 0 bridgehead atoms. The first-order valence-corrected chi connectivity index (χ1v) is 11.3. The van der Waals surface area contributed by atoms with Crippen LogP contribution >= 0.6 is 0 Å². The van der Waals surface area contributed by atoms with E-state index in [4.69, 9.17) is 9.53 Å². The molecule has 0 radical (unpaired) electrons. The molecule has 1 N–H and O–H groups in total. The second-order valence-corrected chi connectivity index (χ2v) is 9.83. The number of carbonyl (C=O) groups is 2. The molecule has 0 aliphatic rings. The van der Waals surface area contributed by atoms with Crippen LogP contribution in [-0.2, 0) is 14.0 Å².